The van der Waals surface area contributed by atoms with E-state index >= 15 is 0 Å². The van der Waals surface area contributed by atoms with Gasteiger partial charge in [-0.2, -0.15) is 0 Å². The summed E-state index contributed by atoms with van der Waals surface area (Å²) in [4.78, 5) is 40.7. The average Bonchev–Trinajstić information content (AvgIpc) is 3.47. The fourth-order valence-corrected chi connectivity index (χ4v) is 3.36. The van der Waals surface area contributed by atoms with Gasteiger partial charge < -0.3 is 24.0 Å². The quantitative estimate of drug-likeness (QED) is 0.390. The van der Waals surface area contributed by atoms with Crippen LogP contribution < -0.4 is 0 Å². The summed E-state index contributed by atoms with van der Waals surface area (Å²) in [6.45, 7) is 10.1. The average molecular weight is 396 g/mol. The van der Waals surface area contributed by atoms with Crippen molar-refractivity contribution in [1.82, 2.24) is 9.80 Å². The van der Waals surface area contributed by atoms with E-state index in [2.05, 4.69) is 6.58 Å². The molecule has 1 saturated heterocycles. The van der Waals surface area contributed by atoms with Gasteiger partial charge in [0.2, 0.25) is 0 Å². The predicted molar refractivity (Wildman–Crippen MR) is 103 cm³/mol. The maximum Gasteiger partial charge on any atom is 0.410 e. The van der Waals surface area contributed by atoms with E-state index in [1.807, 2.05) is 20.8 Å². The second kappa shape index (κ2) is 8.84. The van der Waals surface area contributed by atoms with Gasteiger partial charge in [0.25, 0.3) is 0 Å². The molecule has 0 aromatic carbocycles. The molecule has 0 aromatic heterocycles. The van der Waals surface area contributed by atoms with Crippen LogP contribution in [0.25, 0.3) is 0 Å². The highest BCUT2D eigenvalue weighted by Gasteiger charge is 2.48. The number of hydrogen-bond acceptors (Lipinski definition) is 6. The van der Waals surface area contributed by atoms with Gasteiger partial charge in [-0.1, -0.05) is 12.7 Å². The number of nitrogens with zero attached hydrogens (tertiary/aromatic N) is 2. The number of likely N-dealkylation sites (tertiary alicyclic amines) is 1. The maximum absolute atomic E-state index is 12.7. The summed E-state index contributed by atoms with van der Waals surface area (Å²) >= 11 is 0. The van der Waals surface area contributed by atoms with Crippen molar-refractivity contribution in [2.24, 2.45) is 5.41 Å². The normalized spacial score (nSPS) is 18.8. The molecule has 0 unspecified atom stereocenters. The lowest BCUT2D eigenvalue weighted by Gasteiger charge is -2.42. The minimum absolute atomic E-state index is 0.0859. The predicted octanol–water partition coefficient (Wildman–Crippen LogP) is 2.96. The number of amides is 2. The standard InChI is InChI=1S/C20H32N2O6/c1-6-13-27-18(25)22(15-7-8-15)14-20(16(23)26-5)9-11-21(12-10-20)17(24)28-19(2,3)4/h6,15H,1,7-14H2,2-5H3. The van der Waals surface area contributed by atoms with Crippen molar-refractivity contribution in [3.63, 3.8) is 0 Å². The van der Waals surface area contributed by atoms with Crippen LogP contribution >= 0.6 is 0 Å². The number of piperidine rings is 1. The highest BCUT2D eigenvalue weighted by molar-refractivity contribution is 5.79. The summed E-state index contributed by atoms with van der Waals surface area (Å²) in [5, 5.41) is 0. The van der Waals surface area contributed by atoms with Crippen molar-refractivity contribution in [3.05, 3.63) is 12.7 Å². The van der Waals surface area contributed by atoms with Gasteiger partial charge >= 0.3 is 18.2 Å². The lowest BCUT2D eigenvalue weighted by atomic mass is 9.77. The van der Waals surface area contributed by atoms with Crippen LogP contribution in [0.3, 0.4) is 0 Å². The van der Waals surface area contributed by atoms with Gasteiger partial charge in [-0.15, -0.1) is 0 Å². The molecule has 0 atom stereocenters. The fourth-order valence-electron chi connectivity index (χ4n) is 3.36. The van der Waals surface area contributed by atoms with Crippen LogP contribution in [0, 0.1) is 5.41 Å². The van der Waals surface area contributed by atoms with Crippen molar-refractivity contribution >= 4 is 18.2 Å². The number of carbonyl (C=O) groups is 3. The summed E-state index contributed by atoms with van der Waals surface area (Å²) in [6, 6.07) is 0.0859. The first kappa shape index (κ1) is 22.0. The van der Waals surface area contributed by atoms with Crippen molar-refractivity contribution in [1.29, 1.82) is 0 Å². The molecule has 2 amide bonds. The first-order valence-corrected chi connectivity index (χ1v) is 9.72. The number of carbonyl (C=O) groups excluding carboxylic acids is 3. The minimum atomic E-state index is -0.858. The van der Waals surface area contributed by atoms with Gasteiger partial charge in [0.05, 0.1) is 12.5 Å². The van der Waals surface area contributed by atoms with E-state index in [1.54, 1.807) is 9.80 Å². The first-order chi connectivity index (χ1) is 13.1. The van der Waals surface area contributed by atoms with Gasteiger partial charge in [0, 0.05) is 25.7 Å². The largest absolute Gasteiger partial charge is 0.469 e. The third-order valence-electron chi connectivity index (χ3n) is 5.01. The molecular weight excluding hydrogens is 364 g/mol. The Balaban J connectivity index is 2.09. The van der Waals surface area contributed by atoms with Crippen LogP contribution in [0.2, 0.25) is 0 Å². The van der Waals surface area contributed by atoms with Crippen LogP contribution in [-0.2, 0) is 19.0 Å². The summed E-state index contributed by atoms with van der Waals surface area (Å²) in [5.41, 5.74) is -1.44. The molecule has 2 fully saturated rings. The summed E-state index contributed by atoms with van der Waals surface area (Å²) in [5.74, 6) is -0.362. The molecule has 0 bridgehead atoms. The highest BCUT2D eigenvalue weighted by atomic mass is 16.6. The lowest BCUT2D eigenvalue weighted by Crippen LogP contribution is -2.54. The van der Waals surface area contributed by atoms with E-state index in [-0.39, 0.29) is 25.2 Å². The van der Waals surface area contributed by atoms with Gasteiger partial charge in [0.15, 0.2) is 0 Å². The Bertz CT molecular complexity index is 600. The molecular formula is C20H32N2O6. The number of methoxy groups -OCH3 is 1. The molecule has 0 spiro atoms. The van der Waals surface area contributed by atoms with Gasteiger partial charge in [-0.05, 0) is 46.5 Å². The molecule has 0 N–H and O–H groups in total. The number of ether oxygens (including phenoxy) is 3. The van der Waals surface area contributed by atoms with E-state index in [0.29, 0.717) is 25.9 Å². The minimum Gasteiger partial charge on any atom is -0.469 e. The van der Waals surface area contributed by atoms with Gasteiger partial charge in [-0.25, -0.2) is 9.59 Å². The van der Waals surface area contributed by atoms with E-state index in [0.717, 1.165) is 12.8 Å². The van der Waals surface area contributed by atoms with E-state index in [9.17, 15) is 14.4 Å². The molecule has 1 saturated carbocycles. The summed E-state index contributed by atoms with van der Waals surface area (Å²) < 4.78 is 15.7. The van der Waals surface area contributed by atoms with Crippen LogP contribution in [0.4, 0.5) is 9.59 Å². The molecule has 1 heterocycles. The number of rotatable bonds is 6. The maximum atomic E-state index is 12.7. The second-order valence-electron chi connectivity index (χ2n) is 8.46. The van der Waals surface area contributed by atoms with E-state index < -0.39 is 23.2 Å². The van der Waals surface area contributed by atoms with Crippen molar-refractivity contribution in [2.75, 3.05) is 33.4 Å². The smallest absolute Gasteiger partial charge is 0.410 e. The lowest BCUT2D eigenvalue weighted by molar-refractivity contribution is -0.157. The van der Waals surface area contributed by atoms with Crippen molar-refractivity contribution in [3.8, 4) is 0 Å². The topological polar surface area (TPSA) is 85.4 Å². The molecule has 1 aliphatic carbocycles. The molecule has 8 heteroatoms. The summed E-state index contributed by atoms with van der Waals surface area (Å²) in [7, 11) is 1.35. The molecule has 158 valence electrons. The fraction of sp³-hybridized carbons (Fsp3) is 0.750. The van der Waals surface area contributed by atoms with Crippen LogP contribution in [0.15, 0.2) is 12.7 Å². The van der Waals surface area contributed by atoms with Gasteiger partial charge in [0.1, 0.15) is 12.2 Å². The first-order valence-electron chi connectivity index (χ1n) is 9.72. The SMILES string of the molecule is C=CCOC(=O)N(CC1(C(=O)OC)CCN(C(=O)OC(C)(C)C)CC1)C1CC1. The number of hydrogen-bond donors (Lipinski definition) is 0. The molecule has 1 aliphatic heterocycles. The van der Waals surface area contributed by atoms with E-state index in [1.165, 1.54) is 13.2 Å². The molecule has 28 heavy (non-hydrogen) atoms. The highest BCUT2D eigenvalue weighted by Crippen LogP contribution is 2.38. The Morgan fingerprint density at radius 3 is 2.29 bits per heavy atom. The van der Waals surface area contributed by atoms with Crippen LogP contribution in [0.5, 0.6) is 0 Å². The van der Waals surface area contributed by atoms with Crippen molar-refractivity contribution in [2.45, 2.75) is 58.1 Å². The Labute approximate surface area is 166 Å². The molecule has 2 rings (SSSR count). The number of esters is 1. The Morgan fingerprint density at radius 2 is 1.82 bits per heavy atom. The Morgan fingerprint density at radius 1 is 1.21 bits per heavy atom. The van der Waals surface area contributed by atoms with Crippen LogP contribution in [-0.4, -0.2) is 72.9 Å². The summed E-state index contributed by atoms with van der Waals surface area (Å²) in [6.07, 6.45) is 3.26. The molecule has 2 aliphatic rings. The molecule has 0 radical (unpaired) electrons. The van der Waals surface area contributed by atoms with E-state index in [4.69, 9.17) is 14.2 Å². The zero-order valence-corrected chi connectivity index (χ0v) is 17.4. The molecule has 0 aromatic rings. The molecule has 8 nitrogen and oxygen atoms in total. The second-order valence-corrected chi connectivity index (χ2v) is 8.46. The third-order valence-corrected chi connectivity index (χ3v) is 5.01. The van der Waals surface area contributed by atoms with Gasteiger partial charge in [-0.3, -0.25) is 4.79 Å². The third kappa shape index (κ3) is 5.62. The van der Waals surface area contributed by atoms with Crippen molar-refractivity contribution < 1.29 is 28.6 Å². The Kier molecular flexibility index (Phi) is 6.96. The Hall–Kier alpha value is -2.25. The monoisotopic (exact) mass is 396 g/mol. The van der Waals surface area contributed by atoms with Crippen LogP contribution in [0.1, 0.15) is 46.5 Å². The zero-order chi connectivity index (χ0) is 20.9. The zero-order valence-electron chi connectivity index (χ0n) is 17.4.